The number of aryl methyl sites for hydroxylation is 2. The van der Waals surface area contributed by atoms with Gasteiger partial charge in [-0.2, -0.15) is 0 Å². The van der Waals surface area contributed by atoms with Crippen molar-refractivity contribution in [3.63, 3.8) is 0 Å². The summed E-state index contributed by atoms with van der Waals surface area (Å²) in [4.78, 5) is 29.3. The molecule has 1 N–H and O–H groups in total. The monoisotopic (exact) mass is 293 g/mol. The minimum Gasteiger partial charge on any atom is -0.446 e. The second kappa shape index (κ2) is 6.74. The predicted octanol–water partition coefficient (Wildman–Crippen LogP) is 1.21. The summed E-state index contributed by atoms with van der Waals surface area (Å²) in [5.74, 6) is 1.67. The van der Waals surface area contributed by atoms with Gasteiger partial charge in [0, 0.05) is 45.8 Å². The third-order valence-corrected chi connectivity index (χ3v) is 3.96. The molecule has 1 aliphatic rings. The zero-order chi connectivity index (χ0) is 15.4. The Morgan fingerprint density at radius 1 is 1.33 bits per heavy atom. The fourth-order valence-corrected chi connectivity index (χ4v) is 2.71. The summed E-state index contributed by atoms with van der Waals surface area (Å²) in [5.41, 5.74) is 0.886. The number of carbonyl (C=O) groups is 2. The van der Waals surface area contributed by atoms with Crippen LogP contribution >= 0.6 is 0 Å². The number of rotatable bonds is 4. The molecule has 2 rings (SSSR count). The molecule has 1 aromatic rings. The normalized spacial score (nSPS) is 16.0. The SMILES string of the molecule is CC(=O)N1CCC(C(=O)NCCc2oc(C)nc2C)CC1. The number of hydrogen-bond donors (Lipinski definition) is 1. The second-order valence-electron chi connectivity index (χ2n) is 5.56. The molecule has 2 heterocycles. The summed E-state index contributed by atoms with van der Waals surface area (Å²) in [6.45, 7) is 7.20. The Morgan fingerprint density at radius 3 is 2.52 bits per heavy atom. The quantitative estimate of drug-likeness (QED) is 0.905. The molecule has 1 fully saturated rings. The highest BCUT2D eigenvalue weighted by Gasteiger charge is 2.25. The van der Waals surface area contributed by atoms with Gasteiger partial charge in [-0.3, -0.25) is 9.59 Å². The van der Waals surface area contributed by atoms with E-state index >= 15 is 0 Å². The van der Waals surface area contributed by atoms with Gasteiger partial charge in [0.2, 0.25) is 11.8 Å². The Hall–Kier alpha value is -1.85. The van der Waals surface area contributed by atoms with E-state index in [1.807, 2.05) is 13.8 Å². The maximum Gasteiger partial charge on any atom is 0.223 e. The molecule has 2 amide bonds. The number of nitrogens with zero attached hydrogens (tertiary/aromatic N) is 2. The topological polar surface area (TPSA) is 75.4 Å². The third-order valence-electron chi connectivity index (χ3n) is 3.96. The van der Waals surface area contributed by atoms with Gasteiger partial charge in [-0.1, -0.05) is 0 Å². The van der Waals surface area contributed by atoms with Crippen LogP contribution in [0.5, 0.6) is 0 Å². The molecular weight excluding hydrogens is 270 g/mol. The first kappa shape index (κ1) is 15.5. The Labute approximate surface area is 124 Å². The fraction of sp³-hybridized carbons (Fsp3) is 0.667. The first-order valence-corrected chi connectivity index (χ1v) is 7.43. The second-order valence-corrected chi connectivity index (χ2v) is 5.56. The summed E-state index contributed by atoms with van der Waals surface area (Å²) in [6, 6.07) is 0. The van der Waals surface area contributed by atoms with E-state index in [9.17, 15) is 9.59 Å². The van der Waals surface area contributed by atoms with Crippen molar-refractivity contribution in [3.8, 4) is 0 Å². The molecule has 21 heavy (non-hydrogen) atoms. The smallest absolute Gasteiger partial charge is 0.223 e. The van der Waals surface area contributed by atoms with Crippen molar-refractivity contribution in [3.05, 3.63) is 17.3 Å². The van der Waals surface area contributed by atoms with Gasteiger partial charge < -0.3 is 14.6 Å². The number of oxazole rings is 1. The van der Waals surface area contributed by atoms with Gasteiger partial charge in [-0.15, -0.1) is 0 Å². The van der Waals surface area contributed by atoms with Crippen molar-refractivity contribution in [2.24, 2.45) is 5.92 Å². The number of carbonyl (C=O) groups excluding carboxylic acids is 2. The number of likely N-dealkylation sites (tertiary alicyclic amines) is 1. The molecule has 6 nitrogen and oxygen atoms in total. The minimum atomic E-state index is 0.0122. The fourth-order valence-electron chi connectivity index (χ4n) is 2.71. The molecule has 0 atom stereocenters. The highest BCUT2D eigenvalue weighted by Crippen LogP contribution is 2.17. The van der Waals surface area contributed by atoms with E-state index < -0.39 is 0 Å². The Morgan fingerprint density at radius 2 is 2.00 bits per heavy atom. The van der Waals surface area contributed by atoms with Crippen LogP contribution in [0.2, 0.25) is 0 Å². The number of amides is 2. The lowest BCUT2D eigenvalue weighted by Gasteiger charge is -2.30. The lowest BCUT2D eigenvalue weighted by atomic mass is 9.96. The first-order chi connectivity index (χ1) is 9.97. The van der Waals surface area contributed by atoms with E-state index in [4.69, 9.17) is 4.42 Å². The van der Waals surface area contributed by atoms with Crippen molar-refractivity contribution in [2.45, 2.75) is 40.0 Å². The molecule has 0 unspecified atom stereocenters. The molecular formula is C15H23N3O3. The van der Waals surface area contributed by atoms with E-state index in [1.54, 1.807) is 11.8 Å². The van der Waals surface area contributed by atoms with Crippen LogP contribution in [-0.4, -0.2) is 41.3 Å². The van der Waals surface area contributed by atoms with Crippen molar-refractivity contribution in [2.75, 3.05) is 19.6 Å². The van der Waals surface area contributed by atoms with Crippen LogP contribution in [0.1, 0.15) is 37.1 Å². The van der Waals surface area contributed by atoms with Gasteiger partial charge in [0.25, 0.3) is 0 Å². The molecule has 1 saturated heterocycles. The van der Waals surface area contributed by atoms with Crippen LogP contribution in [0, 0.1) is 19.8 Å². The van der Waals surface area contributed by atoms with Crippen LogP contribution < -0.4 is 5.32 Å². The van der Waals surface area contributed by atoms with Crippen LogP contribution in [0.25, 0.3) is 0 Å². The molecule has 0 radical (unpaired) electrons. The number of hydrogen-bond acceptors (Lipinski definition) is 4. The van der Waals surface area contributed by atoms with E-state index in [-0.39, 0.29) is 17.7 Å². The Balaban J connectivity index is 1.73. The predicted molar refractivity (Wildman–Crippen MR) is 77.7 cm³/mol. The van der Waals surface area contributed by atoms with Gasteiger partial charge >= 0.3 is 0 Å². The number of aromatic nitrogens is 1. The Bertz CT molecular complexity index is 516. The van der Waals surface area contributed by atoms with Crippen LogP contribution in [0.4, 0.5) is 0 Å². The molecule has 116 valence electrons. The highest BCUT2D eigenvalue weighted by atomic mass is 16.4. The minimum absolute atomic E-state index is 0.0122. The average Bonchev–Trinajstić information content (AvgIpc) is 2.77. The summed E-state index contributed by atoms with van der Waals surface area (Å²) < 4.78 is 5.48. The van der Waals surface area contributed by atoms with E-state index in [0.29, 0.717) is 31.9 Å². The zero-order valence-electron chi connectivity index (χ0n) is 12.9. The standard InChI is InChI=1S/C15H23N3O3/c1-10-14(21-11(2)17-10)4-7-16-15(20)13-5-8-18(9-6-13)12(3)19/h13H,4-9H2,1-3H3,(H,16,20). The molecule has 0 bridgehead atoms. The molecule has 0 spiro atoms. The van der Waals surface area contributed by atoms with Gasteiger partial charge in [-0.05, 0) is 19.8 Å². The summed E-state index contributed by atoms with van der Waals surface area (Å²) >= 11 is 0. The molecule has 1 aromatic heterocycles. The van der Waals surface area contributed by atoms with Crippen molar-refractivity contribution in [1.82, 2.24) is 15.2 Å². The maximum absolute atomic E-state index is 12.1. The average molecular weight is 293 g/mol. The largest absolute Gasteiger partial charge is 0.446 e. The lowest BCUT2D eigenvalue weighted by molar-refractivity contribution is -0.133. The summed E-state index contributed by atoms with van der Waals surface area (Å²) in [7, 11) is 0. The Kier molecular flexibility index (Phi) is 4.98. The van der Waals surface area contributed by atoms with Gasteiger partial charge in [0.1, 0.15) is 5.76 Å². The van der Waals surface area contributed by atoms with E-state index in [1.165, 1.54) is 0 Å². The molecule has 1 aliphatic heterocycles. The first-order valence-electron chi connectivity index (χ1n) is 7.43. The van der Waals surface area contributed by atoms with Crippen LogP contribution in [0.3, 0.4) is 0 Å². The lowest BCUT2D eigenvalue weighted by Crippen LogP contribution is -2.42. The van der Waals surface area contributed by atoms with Crippen LogP contribution in [-0.2, 0) is 16.0 Å². The van der Waals surface area contributed by atoms with E-state index in [2.05, 4.69) is 10.3 Å². The number of nitrogens with one attached hydrogen (secondary N) is 1. The molecule has 0 aromatic carbocycles. The zero-order valence-corrected chi connectivity index (χ0v) is 12.9. The summed E-state index contributed by atoms with van der Waals surface area (Å²) in [6.07, 6.45) is 2.14. The molecule has 0 aliphatic carbocycles. The van der Waals surface area contributed by atoms with Crippen molar-refractivity contribution in [1.29, 1.82) is 0 Å². The molecule has 0 saturated carbocycles. The van der Waals surface area contributed by atoms with E-state index in [0.717, 1.165) is 24.3 Å². The van der Waals surface area contributed by atoms with Gasteiger partial charge in [0.05, 0.1) is 5.69 Å². The maximum atomic E-state index is 12.1. The van der Waals surface area contributed by atoms with Crippen molar-refractivity contribution >= 4 is 11.8 Å². The summed E-state index contributed by atoms with van der Waals surface area (Å²) in [5, 5.41) is 2.95. The highest BCUT2D eigenvalue weighted by molar-refractivity contribution is 5.79. The third kappa shape index (κ3) is 4.06. The molecule has 6 heteroatoms. The van der Waals surface area contributed by atoms with Gasteiger partial charge in [0.15, 0.2) is 5.89 Å². The number of piperidine rings is 1. The van der Waals surface area contributed by atoms with Crippen LogP contribution in [0.15, 0.2) is 4.42 Å². The van der Waals surface area contributed by atoms with Gasteiger partial charge in [-0.25, -0.2) is 4.98 Å². The van der Waals surface area contributed by atoms with Crippen molar-refractivity contribution < 1.29 is 14.0 Å².